The second kappa shape index (κ2) is 9.96. The van der Waals surface area contributed by atoms with Crippen molar-refractivity contribution < 1.29 is 4.79 Å². The quantitative estimate of drug-likeness (QED) is 0.638. The molecule has 0 radical (unpaired) electrons. The molecule has 0 saturated heterocycles. The van der Waals surface area contributed by atoms with E-state index in [1.807, 2.05) is 19.1 Å². The largest absolute Gasteiger partial charge is 0.351 e. The number of hydrogen-bond donors (Lipinski definition) is 2. The van der Waals surface area contributed by atoms with Gasteiger partial charge in [0.15, 0.2) is 0 Å². The number of amides is 1. The minimum atomic E-state index is -0.443. The van der Waals surface area contributed by atoms with E-state index in [2.05, 4.69) is 38.2 Å². The maximum atomic E-state index is 12.8. The van der Waals surface area contributed by atoms with Gasteiger partial charge in [-0.25, -0.2) is 0 Å². The summed E-state index contributed by atoms with van der Waals surface area (Å²) in [6.07, 6.45) is 5.27. The second-order valence-corrected chi connectivity index (χ2v) is 8.56. The predicted octanol–water partition coefficient (Wildman–Crippen LogP) is 5.09. The van der Waals surface area contributed by atoms with E-state index < -0.39 is 6.04 Å². The predicted molar refractivity (Wildman–Crippen MR) is 113 cm³/mol. The van der Waals surface area contributed by atoms with Crippen LogP contribution in [0.1, 0.15) is 65.4 Å². The Morgan fingerprint density at radius 1 is 1.23 bits per heavy atom. The highest BCUT2D eigenvalue weighted by atomic mass is 35.5. The van der Waals surface area contributed by atoms with E-state index in [1.165, 1.54) is 12.0 Å². The van der Waals surface area contributed by atoms with Crippen LogP contribution in [-0.4, -0.2) is 18.0 Å². The van der Waals surface area contributed by atoms with Gasteiger partial charge in [0.25, 0.3) is 0 Å². The Bertz CT molecular complexity index is 570. The summed E-state index contributed by atoms with van der Waals surface area (Å²) in [5.41, 5.74) is 7.48. The molecule has 1 aliphatic carbocycles. The summed E-state index contributed by atoms with van der Waals surface area (Å²) in [5.74, 6) is 0.683. The highest BCUT2D eigenvalue weighted by molar-refractivity contribution is 6.30. The molecule has 148 valence electrons. The van der Waals surface area contributed by atoms with Crippen molar-refractivity contribution in [3.05, 3.63) is 34.9 Å². The second-order valence-electron chi connectivity index (χ2n) is 8.12. The van der Waals surface area contributed by atoms with Crippen LogP contribution in [0.3, 0.4) is 0 Å². The summed E-state index contributed by atoms with van der Waals surface area (Å²) in [7, 11) is 0. The van der Waals surface area contributed by atoms with Crippen molar-refractivity contribution in [1.82, 2.24) is 5.32 Å². The van der Waals surface area contributed by atoms with E-state index in [0.717, 1.165) is 30.7 Å². The third-order valence-electron chi connectivity index (χ3n) is 5.92. The van der Waals surface area contributed by atoms with E-state index >= 15 is 0 Å². The van der Waals surface area contributed by atoms with Gasteiger partial charge in [-0.15, -0.1) is 12.4 Å². The van der Waals surface area contributed by atoms with E-state index in [0.29, 0.717) is 5.92 Å². The fraction of sp³-hybridized carbons (Fsp3) is 0.667. The molecule has 0 bridgehead atoms. The minimum Gasteiger partial charge on any atom is -0.351 e. The van der Waals surface area contributed by atoms with Crippen molar-refractivity contribution in [1.29, 1.82) is 0 Å². The Hall–Kier alpha value is -0.770. The summed E-state index contributed by atoms with van der Waals surface area (Å²) in [6.45, 7) is 8.54. The molecule has 1 amide bonds. The Balaban J connectivity index is 0.00000338. The number of halogens is 2. The third kappa shape index (κ3) is 5.15. The first-order chi connectivity index (χ1) is 11.8. The fourth-order valence-electron chi connectivity index (χ4n) is 3.85. The van der Waals surface area contributed by atoms with E-state index in [-0.39, 0.29) is 35.7 Å². The molecule has 26 heavy (non-hydrogen) atoms. The molecular formula is C21H34Cl2N2O. The molecule has 3 atom stereocenters. The first-order valence-corrected chi connectivity index (χ1v) is 10.00. The van der Waals surface area contributed by atoms with Gasteiger partial charge in [-0.2, -0.15) is 0 Å². The topological polar surface area (TPSA) is 55.1 Å². The van der Waals surface area contributed by atoms with E-state index in [4.69, 9.17) is 17.3 Å². The lowest BCUT2D eigenvalue weighted by molar-refractivity contribution is -0.125. The zero-order chi connectivity index (χ0) is 18.6. The molecule has 1 aromatic rings. The lowest BCUT2D eigenvalue weighted by atomic mass is 9.58. The Labute approximate surface area is 169 Å². The van der Waals surface area contributed by atoms with E-state index in [9.17, 15) is 4.79 Å². The van der Waals surface area contributed by atoms with Crippen LogP contribution in [0, 0.1) is 11.8 Å². The standard InChI is InChI=1S/C21H33ClN2O.ClH/c1-5-15(4)19(23)20(25)24-18(13-14(2)3)21(11-6-12-21)16-7-9-17(22)10-8-16;/h7-10,14-15,18-19H,5-6,11-13,23H2,1-4H3,(H,24,25);1H/t15?,18-,19?;/m1./s1. The van der Waals surface area contributed by atoms with Gasteiger partial charge in [0.05, 0.1) is 6.04 Å². The number of carbonyl (C=O) groups is 1. The van der Waals surface area contributed by atoms with Gasteiger partial charge in [0, 0.05) is 16.5 Å². The summed E-state index contributed by atoms with van der Waals surface area (Å²) < 4.78 is 0. The molecule has 3 nitrogen and oxygen atoms in total. The smallest absolute Gasteiger partial charge is 0.237 e. The van der Waals surface area contributed by atoms with Crippen LogP contribution < -0.4 is 11.1 Å². The number of rotatable bonds is 8. The molecule has 2 unspecified atom stereocenters. The van der Waals surface area contributed by atoms with Gasteiger partial charge >= 0.3 is 0 Å². The van der Waals surface area contributed by atoms with Gasteiger partial charge < -0.3 is 11.1 Å². The van der Waals surface area contributed by atoms with E-state index in [1.54, 1.807) is 0 Å². The number of nitrogens with two attached hydrogens (primary N) is 1. The fourth-order valence-corrected chi connectivity index (χ4v) is 3.98. The number of carbonyl (C=O) groups excluding carboxylic acids is 1. The number of nitrogens with one attached hydrogen (secondary N) is 1. The lowest BCUT2D eigenvalue weighted by Crippen LogP contribution is -2.58. The van der Waals surface area contributed by atoms with Crippen LogP contribution in [0.25, 0.3) is 0 Å². The first-order valence-electron chi connectivity index (χ1n) is 9.62. The van der Waals surface area contributed by atoms with Crippen molar-refractivity contribution in [2.24, 2.45) is 17.6 Å². The molecule has 0 spiro atoms. The summed E-state index contributed by atoms with van der Waals surface area (Å²) in [4.78, 5) is 12.8. The van der Waals surface area contributed by atoms with Crippen molar-refractivity contribution in [2.75, 3.05) is 0 Å². The zero-order valence-electron chi connectivity index (χ0n) is 16.4. The summed E-state index contributed by atoms with van der Waals surface area (Å²) in [6, 6.07) is 7.82. The Kier molecular flexibility index (Phi) is 8.92. The molecule has 1 saturated carbocycles. The van der Waals surface area contributed by atoms with Gasteiger partial charge in [-0.1, -0.05) is 64.3 Å². The average Bonchev–Trinajstić information content (AvgIpc) is 2.53. The minimum absolute atomic E-state index is 0. The van der Waals surface area contributed by atoms with Crippen LogP contribution in [-0.2, 0) is 10.2 Å². The van der Waals surface area contributed by atoms with Crippen LogP contribution in [0.2, 0.25) is 5.02 Å². The Morgan fingerprint density at radius 2 is 1.81 bits per heavy atom. The molecule has 5 heteroatoms. The van der Waals surface area contributed by atoms with Crippen molar-refractivity contribution in [2.45, 2.75) is 77.3 Å². The average molecular weight is 401 g/mol. The number of hydrogen-bond acceptors (Lipinski definition) is 2. The van der Waals surface area contributed by atoms with Gasteiger partial charge in [0.1, 0.15) is 0 Å². The summed E-state index contributed by atoms with van der Waals surface area (Å²) in [5, 5.41) is 4.07. The third-order valence-corrected chi connectivity index (χ3v) is 6.17. The van der Waals surface area contributed by atoms with Crippen molar-refractivity contribution in [3.63, 3.8) is 0 Å². The van der Waals surface area contributed by atoms with Crippen LogP contribution in [0.5, 0.6) is 0 Å². The van der Waals surface area contributed by atoms with Crippen molar-refractivity contribution in [3.8, 4) is 0 Å². The summed E-state index contributed by atoms with van der Waals surface area (Å²) >= 11 is 6.08. The van der Waals surface area contributed by atoms with Gasteiger partial charge in [0.2, 0.25) is 5.91 Å². The maximum Gasteiger partial charge on any atom is 0.237 e. The monoisotopic (exact) mass is 400 g/mol. The maximum absolute atomic E-state index is 12.8. The highest BCUT2D eigenvalue weighted by Crippen LogP contribution is 2.48. The molecule has 3 N–H and O–H groups in total. The van der Waals surface area contributed by atoms with Crippen LogP contribution >= 0.6 is 24.0 Å². The lowest BCUT2D eigenvalue weighted by Gasteiger charge is -2.49. The number of benzene rings is 1. The van der Waals surface area contributed by atoms with Crippen molar-refractivity contribution >= 4 is 29.9 Å². The molecule has 2 rings (SSSR count). The molecule has 1 aliphatic rings. The van der Waals surface area contributed by atoms with Crippen LogP contribution in [0.15, 0.2) is 24.3 Å². The highest BCUT2D eigenvalue weighted by Gasteiger charge is 2.46. The zero-order valence-corrected chi connectivity index (χ0v) is 18.0. The molecule has 0 aromatic heterocycles. The molecule has 0 aliphatic heterocycles. The molecule has 1 fully saturated rings. The van der Waals surface area contributed by atoms with Crippen LogP contribution in [0.4, 0.5) is 0 Å². The normalized spacial score (nSPS) is 19.0. The SMILES string of the molecule is CCC(C)C(N)C(=O)N[C@H](CC(C)C)C1(c2ccc(Cl)cc2)CCC1.Cl. The molecule has 1 aromatic carbocycles. The van der Waals surface area contributed by atoms with Gasteiger partial charge in [-0.3, -0.25) is 4.79 Å². The Morgan fingerprint density at radius 3 is 2.23 bits per heavy atom. The first kappa shape index (κ1) is 23.3. The molecule has 0 heterocycles. The van der Waals surface area contributed by atoms with Gasteiger partial charge in [-0.05, 0) is 48.8 Å². The molecular weight excluding hydrogens is 367 g/mol.